The van der Waals surface area contributed by atoms with Gasteiger partial charge in [-0.25, -0.2) is 4.98 Å². The minimum absolute atomic E-state index is 0.0111. The second-order valence-electron chi connectivity index (χ2n) is 4.87. The summed E-state index contributed by atoms with van der Waals surface area (Å²) in [5, 5.41) is 19.4. The third kappa shape index (κ3) is 4.18. The van der Waals surface area contributed by atoms with Crippen LogP contribution in [0.1, 0.15) is 32.3 Å². The first-order chi connectivity index (χ1) is 9.32. The van der Waals surface area contributed by atoms with Gasteiger partial charge in [-0.2, -0.15) is 0 Å². The molecule has 0 aromatic carbocycles. The molecule has 0 aliphatic rings. The van der Waals surface area contributed by atoms with Gasteiger partial charge in [-0.3, -0.25) is 14.9 Å². The number of hydrogen-bond donors (Lipinski definition) is 1. The van der Waals surface area contributed by atoms with Gasteiger partial charge >= 0.3 is 5.97 Å². The highest BCUT2D eigenvalue weighted by molar-refractivity contribution is 5.66. The molecule has 0 fully saturated rings. The van der Waals surface area contributed by atoms with Gasteiger partial charge in [0.05, 0.1) is 4.92 Å². The summed E-state index contributed by atoms with van der Waals surface area (Å²) in [5.41, 5.74) is 0.534. The largest absolute Gasteiger partial charge is 0.481 e. The molecular formula is C13H19N3O4. The van der Waals surface area contributed by atoms with Crippen LogP contribution in [0, 0.1) is 17.0 Å². The van der Waals surface area contributed by atoms with Crippen molar-refractivity contribution in [3.8, 4) is 0 Å². The molecule has 1 N–H and O–H groups in total. The maximum atomic E-state index is 10.8. The van der Waals surface area contributed by atoms with Gasteiger partial charge in [0.15, 0.2) is 0 Å². The Morgan fingerprint density at radius 3 is 2.65 bits per heavy atom. The van der Waals surface area contributed by atoms with Gasteiger partial charge in [-0.05, 0) is 33.3 Å². The van der Waals surface area contributed by atoms with Gasteiger partial charge in [0.2, 0.25) is 0 Å². The van der Waals surface area contributed by atoms with Gasteiger partial charge in [-0.15, -0.1) is 0 Å². The van der Waals surface area contributed by atoms with E-state index < -0.39 is 10.9 Å². The van der Waals surface area contributed by atoms with Crippen LogP contribution in [0.3, 0.4) is 0 Å². The second kappa shape index (κ2) is 6.83. The quantitative estimate of drug-likeness (QED) is 0.608. The van der Waals surface area contributed by atoms with Gasteiger partial charge in [-0.1, -0.05) is 0 Å². The average molecular weight is 281 g/mol. The number of anilines is 1. The Morgan fingerprint density at radius 2 is 2.20 bits per heavy atom. The molecule has 7 nitrogen and oxygen atoms in total. The fraction of sp³-hybridized carbons (Fsp3) is 0.538. The van der Waals surface area contributed by atoms with Crippen molar-refractivity contribution in [2.45, 2.75) is 39.7 Å². The molecule has 1 rings (SSSR count). The van der Waals surface area contributed by atoms with E-state index in [0.29, 0.717) is 24.3 Å². The molecule has 0 saturated carbocycles. The molecule has 1 heterocycles. The Hall–Kier alpha value is -2.18. The Kier molecular flexibility index (Phi) is 5.42. The first kappa shape index (κ1) is 15.9. The normalized spacial score (nSPS) is 10.6. The fourth-order valence-corrected chi connectivity index (χ4v) is 1.92. The summed E-state index contributed by atoms with van der Waals surface area (Å²) in [6.07, 6.45) is 1.84. The lowest BCUT2D eigenvalue weighted by molar-refractivity contribution is -0.385. The van der Waals surface area contributed by atoms with Crippen molar-refractivity contribution < 1.29 is 14.8 Å². The van der Waals surface area contributed by atoms with Crippen molar-refractivity contribution >= 4 is 17.5 Å². The van der Waals surface area contributed by atoms with Crippen LogP contribution in [0.25, 0.3) is 0 Å². The van der Waals surface area contributed by atoms with Gasteiger partial charge < -0.3 is 10.0 Å². The van der Waals surface area contributed by atoms with E-state index in [1.165, 1.54) is 6.20 Å². The molecule has 0 aliphatic heterocycles. The summed E-state index contributed by atoms with van der Waals surface area (Å²) in [7, 11) is 0. The summed E-state index contributed by atoms with van der Waals surface area (Å²) in [5.74, 6) is -0.199. The Balaban J connectivity index is 2.89. The lowest BCUT2D eigenvalue weighted by atomic mass is 10.2. The third-order valence-electron chi connectivity index (χ3n) is 2.97. The number of hydrogen-bond acceptors (Lipinski definition) is 5. The van der Waals surface area contributed by atoms with Crippen LogP contribution in [0.2, 0.25) is 0 Å². The van der Waals surface area contributed by atoms with Crippen molar-refractivity contribution in [2.24, 2.45) is 0 Å². The predicted octanol–water partition coefficient (Wildman–Crippen LogP) is 2.38. The SMILES string of the molecule is Cc1cc(N(CCCC(=O)O)C(C)C)ncc1[N+](=O)[O-]. The number of nitrogens with zero attached hydrogens (tertiary/aromatic N) is 3. The highest BCUT2D eigenvalue weighted by Crippen LogP contribution is 2.23. The Bertz CT molecular complexity index is 502. The molecule has 20 heavy (non-hydrogen) atoms. The van der Waals surface area contributed by atoms with E-state index in [0.717, 1.165) is 0 Å². The van der Waals surface area contributed by atoms with Crippen molar-refractivity contribution in [1.82, 2.24) is 4.98 Å². The molecule has 0 spiro atoms. The maximum absolute atomic E-state index is 10.8. The number of aromatic nitrogens is 1. The molecule has 110 valence electrons. The second-order valence-corrected chi connectivity index (χ2v) is 4.87. The van der Waals surface area contributed by atoms with E-state index in [2.05, 4.69) is 4.98 Å². The smallest absolute Gasteiger partial charge is 0.303 e. The number of rotatable bonds is 7. The Morgan fingerprint density at radius 1 is 1.55 bits per heavy atom. The topological polar surface area (TPSA) is 96.6 Å². The highest BCUT2D eigenvalue weighted by Gasteiger charge is 2.17. The molecule has 0 amide bonds. The van der Waals surface area contributed by atoms with Crippen LogP contribution in [0.5, 0.6) is 0 Å². The van der Waals surface area contributed by atoms with E-state index in [9.17, 15) is 14.9 Å². The van der Waals surface area contributed by atoms with Crippen LogP contribution in [-0.4, -0.2) is 33.6 Å². The Labute approximate surface area is 117 Å². The van der Waals surface area contributed by atoms with Crippen LogP contribution in [-0.2, 0) is 4.79 Å². The molecule has 0 bridgehead atoms. The number of aliphatic carboxylic acids is 1. The molecule has 0 radical (unpaired) electrons. The third-order valence-corrected chi connectivity index (χ3v) is 2.97. The van der Waals surface area contributed by atoms with Gasteiger partial charge in [0.1, 0.15) is 12.0 Å². The molecule has 7 heteroatoms. The highest BCUT2D eigenvalue weighted by atomic mass is 16.6. The number of carboxylic acid groups (broad SMARTS) is 1. The number of carboxylic acids is 1. The number of nitro groups is 1. The zero-order valence-corrected chi connectivity index (χ0v) is 11.9. The summed E-state index contributed by atoms with van der Waals surface area (Å²) >= 11 is 0. The lowest BCUT2D eigenvalue weighted by Crippen LogP contribution is -2.32. The van der Waals surface area contributed by atoms with Crippen LogP contribution < -0.4 is 4.90 Å². The molecule has 0 unspecified atom stereocenters. The number of pyridine rings is 1. The maximum Gasteiger partial charge on any atom is 0.303 e. The fourth-order valence-electron chi connectivity index (χ4n) is 1.92. The average Bonchev–Trinajstić information content (AvgIpc) is 2.33. The minimum Gasteiger partial charge on any atom is -0.481 e. The van der Waals surface area contributed by atoms with Crippen LogP contribution in [0.15, 0.2) is 12.3 Å². The van der Waals surface area contributed by atoms with Crippen LogP contribution >= 0.6 is 0 Å². The van der Waals surface area contributed by atoms with Gasteiger partial charge in [0, 0.05) is 24.6 Å². The van der Waals surface area contributed by atoms with E-state index in [1.54, 1.807) is 13.0 Å². The minimum atomic E-state index is -0.832. The molecule has 0 saturated heterocycles. The van der Waals surface area contributed by atoms with E-state index >= 15 is 0 Å². The van der Waals surface area contributed by atoms with Crippen molar-refractivity contribution in [3.05, 3.63) is 27.9 Å². The first-order valence-electron chi connectivity index (χ1n) is 6.42. The van der Waals surface area contributed by atoms with Crippen molar-refractivity contribution in [3.63, 3.8) is 0 Å². The zero-order valence-electron chi connectivity index (χ0n) is 11.9. The summed E-state index contributed by atoms with van der Waals surface area (Å²) in [6, 6.07) is 1.80. The lowest BCUT2D eigenvalue weighted by Gasteiger charge is -2.27. The molecule has 0 atom stereocenters. The van der Waals surface area contributed by atoms with Crippen molar-refractivity contribution in [2.75, 3.05) is 11.4 Å². The van der Waals surface area contributed by atoms with Crippen molar-refractivity contribution in [1.29, 1.82) is 0 Å². The zero-order chi connectivity index (χ0) is 15.3. The predicted molar refractivity (Wildman–Crippen MR) is 75.0 cm³/mol. The van der Waals surface area contributed by atoms with Crippen LogP contribution in [0.4, 0.5) is 11.5 Å². The molecule has 1 aromatic rings. The summed E-state index contributed by atoms with van der Waals surface area (Å²) < 4.78 is 0. The monoisotopic (exact) mass is 281 g/mol. The standard InChI is InChI=1S/C13H19N3O4/c1-9(2)15(6-4-5-13(17)18)12-7-10(3)11(8-14-12)16(19)20/h7-9H,4-6H2,1-3H3,(H,17,18). The molecular weight excluding hydrogens is 262 g/mol. The molecule has 1 aromatic heterocycles. The summed E-state index contributed by atoms with van der Waals surface area (Å²) in [6.45, 7) is 6.16. The summed E-state index contributed by atoms with van der Waals surface area (Å²) in [4.78, 5) is 26.9. The van der Waals surface area contributed by atoms with Gasteiger partial charge in [0.25, 0.3) is 5.69 Å². The van der Waals surface area contributed by atoms with E-state index in [1.807, 2.05) is 18.7 Å². The number of carbonyl (C=O) groups is 1. The molecule has 0 aliphatic carbocycles. The van der Waals surface area contributed by atoms with E-state index in [-0.39, 0.29) is 18.2 Å². The van der Waals surface area contributed by atoms with E-state index in [4.69, 9.17) is 5.11 Å². The first-order valence-corrected chi connectivity index (χ1v) is 6.42. The number of aryl methyl sites for hydroxylation is 1.